The lowest BCUT2D eigenvalue weighted by Crippen LogP contribution is -2.00. The average molecular weight is 569 g/mol. The molecular weight excluding hydrogens is 540 g/mol. The fraction of sp³-hybridized carbons (Fsp3) is 0. The van der Waals surface area contributed by atoms with Crippen LogP contribution >= 0.6 is 0 Å². The molecule has 0 fully saturated rings. The van der Waals surface area contributed by atoms with Gasteiger partial charge in [0.25, 0.3) is 0 Å². The van der Waals surface area contributed by atoms with E-state index >= 15 is 0 Å². The number of para-hydroxylation sites is 3. The van der Waals surface area contributed by atoms with E-state index in [9.17, 15) is 0 Å². The molecule has 206 valence electrons. The molecule has 0 bridgehead atoms. The summed E-state index contributed by atoms with van der Waals surface area (Å²) in [5, 5.41) is 3.02. The van der Waals surface area contributed by atoms with E-state index in [1.54, 1.807) is 12.1 Å². The molecule has 3 heterocycles. The van der Waals surface area contributed by atoms with Crippen LogP contribution in [-0.4, -0.2) is 19.5 Å². The Hall–Kier alpha value is -6.07. The molecule has 0 aliphatic rings. The van der Waals surface area contributed by atoms with Gasteiger partial charge in [0.1, 0.15) is 5.58 Å². The van der Waals surface area contributed by atoms with Crippen LogP contribution in [0.1, 0.15) is 5.48 Å². The van der Waals surface area contributed by atoms with Gasteiger partial charge in [0, 0.05) is 38.2 Å². The van der Waals surface area contributed by atoms with Crippen LogP contribution in [-0.2, 0) is 0 Å². The molecule has 0 unspecified atom stereocenters. The first-order valence-electron chi connectivity index (χ1n) is 16.3. The Morgan fingerprint density at radius 3 is 1.70 bits per heavy atom. The van der Waals surface area contributed by atoms with Crippen LogP contribution in [0.15, 0.2) is 150 Å². The van der Waals surface area contributed by atoms with E-state index in [2.05, 4.69) is 0 Å². The van der Waals surface area contributed by atoms with Crippen LogP contribution in [0.25, 0.3) is 83.6 Å². The highest BCUT2D eigenvalue weighted by Gasteiger charge is 2.19. The zero-order valence-corrected chi connectivity index (χ0v) is 23.2. The van der Waals surface area contributed by atoms with Crippen molar-refractivity contribution in [3.8, 4) is 39.9 Å². The summed E-state index contributed by atoms with van der Waals surface area (Å²) in [6, 6.07) is 38.5. The predicted octanol–water partition coefficient (Wildman–Crippen LogP) is 9.87. The fourth-order valence-electron chi connectivity index (χ4n) is 5.93. The van der Waals surface area contributed by atoms with Gasteiger partial charge in [0.05, 0.1) is 22.2 Å². The molecule has 0 amide bonds. The Morgan fingerprint density at radius 2 is 1.09 bits per heavy atom. The van der Waals surface area contributed by atoms with E-state index in [1.807, 2.05) is 102 Å². The van der Waals surface area contributed by atoms with Gasteiger partial charge in [0.2, 0.25) is 0 Å². The van der Waals surface area contributed by atoms with E-state index in [-0.39, 0.29) is 24.2 Å². The average Bonchev–Trinajstić information content (AvgIpc) is 3.64. The number of furan rings is 1. The molecule has 0 saturated heterocycles. The highest BCUT2D eigenvalue weighted by atomic mass is 16.3. The number of aromatic nitrogens is 4. The largest absolute Gasteiger partial charge is 0.454 e. The molecule has 44 heavy (non-hydrogen) atoms. The maximum absolute atomic E-state index is 8.85. The van der Waals surface area contributed by atoms with Crippen LogP contribution in [0, 0.1) is 0 Å². The quantitative estimate of drug-likeness (QED) is 0.212. The molecule has 5 heteroatoms. The summed E-state index contributed by atoms with van der Waals surface area (Å²) in [6.07, 6.45) is 0. The van der Waals surface area contributed by atoms with E-state index in [4.69, 9.17) is 24.9 Å². The van der Waals surface area contributed by atoms with Gasteiger partial charge < -0.3 is 8.98 Å². The highest BCUT2D eigenvalue weighted by molar-refractivity contribution is 6.13. The first-order valence-corrected chi connectivity index (χ1v) is 14.3. The van der Waals surface area contributed by atoms with E-state index < -0.39 is 0 Å². The summed E-state index contributed by atoms with van der Waals surface area (Å²) in [5.41, 5.74) is 5.63. The van der Waals surface area contributed by atoms with Gasteiger partial charge in [-0.25, -0.2) is 15.0 Å². The van der Waals surface area contributed by atoms with Crippen molar-refractivity contribution in [3.05, 3.63) is 145 Å². The molecule has 9 aromatic rings. The molecule has 0 radical (unpaired) electrons. The number of nitrogens with zero attached hydrogens (tertiary/aromatic N) is 4. The molecule has 3 aromatic heterocycles. The van der Waals surface area contributed by atoms with Gasteiger partial charge in [-0.05, 0) is 36.4 Å². The molecule has 0 atom stereocenters. The third kappa shape index (κ3) is 3.83. The summed E-state index contributed by atoms with van der Waals surface area (Å²) in [5.74, 6) is 1.69. The SMILES string of the molecule is [2H]c1cc([2H])c2c(c1)c1cc([2H])cc([2H])c1n2-c1cccc2c1oc1ccc(-c3nc(-c4ccccc4)nc(-c4ccccc4)n3)cc12. The maximum Gasteiger partial charge on any atom is 0.164 e. The van der Waals surface area contributed by atoms with Crippen molar-refractivity contribution in [2.45, 2.75) is 0 Å². The Bertz CT molecular complexity index is 2600. The number of hydrogen-bond donors (Lipinski definition) is 0. The monoisotopic (exact) mass is 568 g/mol. The molecule has 0 N–H and O–H groups in total. The maximum atomic E-state index is 8.85. The second-order valence-electron chi connectivity index (χ2n) is 10.6. The number of benzene rings is 6. The number of fused-ring (bicyclic) bond motifs is 6. The van der Waals surface area contributed by atoms with Crippen LogP contribution in [0.5, 0.6) is 0 Å². The van der Waals surface area contributed by atoms with Crippen molar-refractivity contribution in [1.82, 2.24) is 19.5 Å². The Labute approximate surface area is 258 Å². The molecule has 9 rings (SSSR count). The third-order valence-corrected chi connectivity index (χ3v) is 7.96. The Kier molecular flexibility index (Phi) is 4.60. The molecule has 0 aliphatic carbocycles. The first-order chi connectivity index (χ1) is 23.4. The van der Waals surface area contributed by atoms with Gasteiger partial charge in [-0.3, -0.25) is 0 Å². The van der Waals surface area contributed by atoms with Crippen LogP contribution in [0.3, 0.4) is 0 Å². The van der Waals surface area contributed by atoms with Gasteiger partial charge in [0.15, 0.2) is 23.1 Å². The Balaban J connectivity index is 1.28. The smallest absolute Gasteiger partial charge is 0.164 e. The minimum Gasteiger partial charge on any atom is -0.454 e. The first kappa shape index (κ1) is 20.8. The summed E-state index contributed by atoms with van der Waals surface area (Å²) in [4.78, 5) is 14.6. The van der Waals surface area contributed by atoms with Crippen LogP contribution < -0.4 is 0 Å². The topological polar surface area (TPSA) is 56.7 Å². The second-order valence-corrected chi connectivity index (χ2v) is 10.6. The summed E-state index contributed by atoms with van der Waals surface area (Å²) in [7, 11) is 0. The summed E-state index contributed by atoms with van der Waals surface area (Å²) < 4.78 is 42.7. The van der Waals surface area contributed by atoms with Gasteiger partial charge in [-0.1, -0.05) is 109 Å². The molecular formula is C39H24N4O. The Morgan fingerprint density at radius 1 is 0.500 bits per heavy atom. The van der Waals surface area contributed by atoms with Crippen molar-refractivity contribution in [2.24, 2.45) is 0 Å². The van der Waals surface area contributed by atoms with Crippen molar-refractivity contribution in [2.75, 3.05) is 0 Å². The lowest BCUT2D eigenvalue weighted by atomic mass is 10.1. The third-order valence-electron chi connectivity index (χ3n) is 7.96. The molecule has 0 spiro atoms. The van der Waals surface area contributed by atoms with Crippen molar-refractivity contribution in [1.29, 1.82) is 0 Å². The second kappa shape index (κ2) is 9.75. The standard InChI is InChI=1S/C39H24N4O/c1-3-12-25(13-4-1)37-40-38(26-14-5-2-6-15-26)42-39(41-37)27-22-23-35-31(24-27)30-18-11-21-34(36(30)44-35)43-32-19-9-7-16-28(32)29-17-8-10-20-33(29)43/h1-24H/i7D,8D,19D,20D. The lowest BCUT2D eigenvalue weighted by Gasteiger charge is -2.08. The molecule has 0 aliphatic heterocycles. The minimum absolute atomic E-state index is 0.160. The van der Waals surface area contributed by atoms with Crippen LogP contribution in [0.4, 0.5) is 0 Å². The van der Waals surface area contributed by atoms with E-state index in [1.165, 1.54) is 12.1 Å². The minimum atomic E-state index is 0.160. The molecule has 5 nitrogen and oxygen atoms in total. The van der Waals surface area contributed by atoms with Crippen molar-refractivity contribution in [3.63, 3.8) is 0 Å². The predicted molar refractivity (Wildman–Crippen MR) is 178 cm³/mol. The van der Waals surface area contributed by atoms with Crippen molar-refractivity contribution < 1.29 is 9.90 Å². The lowest BCUT2D eigenvalue weighted by molar-refractivity contribution is 0.666. The van der Waals surface area contributed by atoms with Crippen LogP contribution in [0.2, 0.25) is 0 Å². The fourth-order valence-corrected chi connectivity index (χ4v) is 5.93. The molecule has 0 saturated carbocycles. The zero-order chi connectivity index (χ0) is 32.5. The summed E-state index contributed by atoms with van der Waals surface area (Å²) >= 11 is 0. The van der Waals surface area contributed by atoms with Crippen molar-refractivity contribution >= 4 is 43.7 Å². The van der Waals surface area contributed by atoms with E-state index in [0.29, 0.717) is 56.1 Å². The summed E-state index contributed by atoms with van der Waals surface area (Å²) in [6.45, 7) is 0. The van der Waals surface area contributed by atoms with E-state index in [0.717, 1.165) is 27.5 Å². The van der Waals surface area contributed by atoms with Gasteiger partial charge >= 0.3 is 0 Å². The zero-order valence-electron chi connectivity index (χ0n) is 27.2. The number of hydrogen-bond acceptors (Lipinski definition) is 4. The van der Waals surface area contributed by atoms with Gasteiger partial charge in [-0.15, -0.1) is 0 Å². The number of rotatable bonds is 4. The van der Waals surface area contributed by atoms with Gasteiger partial charge in [-0.2, -0.15) is 0 Å². The highest BCUT2D eigenvalue weighted by Crippen LogP contribution is 2.39. The molecule has 6 aromatic carbocycles. The normalized spacial score (nSPS) is 12.9.